The highest BCUT2D eigenvalue weighted by atomic mass is 32.1. The minimum Gasteiger partial charge on any atom is -0.266 e. The summed E-state index contributed by atoms with van der Waals surface area (Å²) in [5.41, 5.74) is 1.12. The molecule has 0 aliphatic rings. The van der Waals surface area contributed by atoms with Crippen LogP contribution in [0.5, 0.6) is 0 Å². The van der Waals surface area contributed by atoms with E-state index in [-0.39, 0.29) is 0 Å². The molecule has 0 rings (SSSR count). The van der Waals surface area contributed by atoms with Gasteiger partial charge in [-0.25, -0.2) is 0 Å². The maximum absolute atomic E-state index is 4.19. The first-order valence-corrected chi connectivity index (χ1v) is 4.07. The van der Waals surface area contributed by atoms with Crippen LogP contribution in [0.25, 0.3) is 0 Å². The Kier molecular flexibility index (Phi) is 4.95. The molecule has 0 bridgehead atoms. The standard InChI is InChI=1S/C9H15NS/c1-7(2)9(4)10-6-5-8(3)11/h5-7,11H,3H2,1-2,4H3/b6-5-,10-9+. The number of hydrogen-bond acceptors (Lipinski definition) is 2. The molecule has 0 aliphatic carbocycles. The third kappa shape index (κ3) is 5.92. The average Bonchev–Trinajstić information content (AvgIpc) is 1.86. The zero-order chi connectivity index (χ0) is 8.85. The van der Waals surface area contributed by atoms with E-state index in [0.29, 0.717) is 5.92 Å². The first-order valence-electron chi connectivity index (χ1n) is 3.62. The number of allylic oxidation sites excluding steroid dienone is 1. The summed E-state index contributed by atoms with van der Waals surface area (Å²) in [6.45, 7) is 9.84. The van der Waals surface area contributed by atoms with Crippen molar-refractivity contribution in [3.8, 4) is 0 Å². The minimum absolute atomic E-state index is 0.507. The molecule has 62 valence electrons. The van der Waals surface area contributed by atoms with Gasteiger partial charge in [0.1, 0.15) is 0 Å². The maximum Gasteiger partial charge on any atom is 0.0278 e. The second-order valence-corrected chi connectivity index (χ2v) is 3.31. The third-order valence-corrected chi connectivity index (χ3v) is 1.53. The van der Waals surface area contributed by atoms with Crippen molar-refractivity contribution < 1.29 is 0 Å². The van der Waals surface area contributed by atoms with E-state index in [1.165, 1.54) is 0 Å². The van der Waals surface area contributed by atoms with Crippen molar-refractivity contribution in [3.63, 3.8) is 0 Å². The quantitative estimate of drug-likeness (QED) is 0.379. The molecule has 0 aromatic carbocycles. The molecule has 0 spiro atoms. The molecule has 0 aromatic rings. The summed E-state index contributed by atoms with van der Waals surface area (Å²) in [5.74, 6) is 0.507. The maximum atomic E-state index is 4.19. The van der Waals surface area contributed by atoms with E-state index in [2.05, 4.69) is 38.0 Å². The first kappa shape index (κ1) is 10.5. The van der Waals surface area contributed by atoms with E-state index in [0.717, 1.165) is 10.6 Å². The second kappa shape index (κ2) is 5.19. The summed E-state index contributed by atoms with van der Waals surface area (Å²) in [6, 6.07) is 0. The summed E-state index contributed by atoms with van der Waals surface area (Å²) in [4.78, 5) is 4.92. The van der Waals surface area contributed by atoms with Crippen molar-refractivity contribution in [2.75, 3.05) is 0 Å². The van der Waals surface area contributed by atoms with E-state index in [9.17, 15) is 0 Å². The monoisotopic (exact) mass is 169 g/mol. The van der Waals surface area contributed by atoms with E-state index in [4.69, 9.17) is 0 Å². The Morgan fingerprint density at radius 1 is 1.55 bits per heavy atom. The van der Waals surface area contributed by atoms with Crippen LogP contribution in [0.4, 0.5) is 0 Å². The van der Waals surface area contributed by atoms with Crippen molar-refractivity contribution in [2.24, 2.45) is 10.9 Å². The summed E-state index contributed by atoms with van der Waals surface area (Å²) in [6.07, 6.45) is 3.50. The van der Waals surface area contributed by atoms with E-state index in [1.54, 1.807) is 12.3 Å². The fraction of sp³-hybridized carbons (Fsp3) is 0.444. The molecule has 0 radical (unpaired) electrons. The summed E-state index contributed by atoms with van der Waals surface area (Å²) < 4.78 is 0. The average molecular weight is 169 g/mol. The third-order valence-electron chi connectivity index (χ3n) is 1.38. The number of rotatable bonds is 3. The fourth-order valence-electron chi connectivity index (χ4n) is 0.390. The fourth-order valence-corrected chi connectivity index (χ4v) is 0.457. The molecule has 2 heteroatoms. The van der Waals surface area contributed by atoms with Crippen LogP contribution in [0, 0.1) is 5.92 Å². The molecule has 11 heavy (non-hydrogen) atoms. The Labute approximate surface area is 74.3 Å². The van der Waals surface area contributed by atoms with Gasteiger partial charge in [-0.3, -0.25) is 4.99 Å². The summed E-state index contributed by atoms with van der Waals surface area (Å²) >= 11 is 4.00. The van der Waals surface area contributed by atoms with E-state index < -0.39 is 0 Å². The Balaban J connectivity index is 4.01. The lowest BCUT2D eigenvalue weighted by Gasteiger charge is -1.99. The van der Waals surface area contributed by atoms with Crippen molar-refractivity contribution in [1.82, 2.24) is 0 Å². The van der Waals surface area contributed by atoms with Crippen LogP contribution in [0.15, 0.2) is 28.8 Å². The van der Waals surface area contributed by atoms with Gasteiger partial charge < -0.3 is 0 Å². The highest BCUT2D eigenvalue weighted by Crippen LogP contribution is 2.00. The highest BCUT2D eigenvalue weighted by molar-refractivity contribution is 7.84. The van der Waals surface area contributed by atoms with Crippen molar-refractivity contribution in [2.45, 2.75) is 20.8 Å². The van der Waals surface area contributed by atoms with Gasteiger partial charge in [0.25, 0.3) is 0 Å². The number of thiol groups is 1. The predicted octanol–water partition coefficient (Wildman–Crippen LogP) is 3.06. The second-order valence-electron chi connectivity index (χ2n) is 2.73. The molecule has 1 nitrogen and oxygen atoms in total. The zero-order valence-corrected chi connectivity index (χ0v) is 8.23. The van der Waals surface area contributed by atoms with Crippen LogP contribution in [0.1, 0.15) is 20.8 Å². The van der Waals surface area contributed by atoms with Crippen LogP contribution >= 0.6 is 12.6 Å². The molecule has 0 unspecified atom stereocenters. The molecule has 0 saturated heterocycles. The Bertz CT molecular complexity index is 190. The van der Waals surface area contributed by atoms with Gasteiger partial charge in [0.2, 0.25) is 0 Å². The van der Waals surface area contributed by atoms with E-state index in [1.807, 2.05) is 6.92 Å². The molecule has 0 aromatic heterocycles. The van der Waals surface area contributed by atoms with Gasteiger partial charge in [-0.15, -0.1) is 12.6 Å². The van der Waals surface area contributed by atoms with Crippen LogP contribution in [0.2, 0.25) is 0 Å². The lowest BCUT2D eigenvalue weighted by molar-refractivity contribution is 0.878. The molecular weight excluding hydrogens is 154 g/mol. The van der Waals surface area contributed by atoms with Crippen LogP contribution in [-0.4, -0.2) is 5.71 Å². The van der Waals surface area contributed by atoms with Gasteiger partial charge in [0.05, 0.1) is 0 Å². The van der Waals surface area contributed by atoms with Gasteiger partial charge in [-0.05, 0) is 23.8 Å². The Hall–Kier alpha value is -0.500. The minimum atomic E-state index is 0.507. The lowest BCUT2D eigenvalue weighted by Crippen LogP contribution is -1.99. The lowest BCUT2D eigenvalue weighted by atomic mass is 10.1. The van der Waals surface area contributed by atoms with Crippen LogP contribution in [0.3, 0.4) is 0 Å². The molecule has 0 saturated carbocycles. The molecule has 0 N–H and O–H groups in total. The Morgan fingerprint density at radius 2 is 2.09 bits per heavy atom. The number of aliphatic imine (C=N–C) groups is 1. The van der Waals surface area contributed by atoms with Crippen molar-refractivity contribution in [1.29, 1.82) is 0 Å². The van der Waals surface area contributed by atoms with Gasteiger partial charge in [-0.1, -0.05) is 20.4 Å². The van der Waals surface area contributed by atoms with Crippen molar-refractivity contribution in [3.05, 3.63) is 23.8 Å². The topological polar surface area (TPSA) is 12.4 Å². The van der Waals surface area contributed by atoms with E-state index >= 15 is 0 Å². The van der Waals surface area contributed by atoms with Gasteiger partial charge in [0, 0.05) is 11.9 Å². The number of hydrogen-bond donors (Lipinski definition) is 1. The summed E-state index contributed by atoms with van der Waals surface area (Å²) in [7, 11) is 0. The highest BCUT2D eigenvalue weighted by Gasteiger charge is 1.93. The number of nitrogens with zero attached hydrogens (tertiary/aromatic N) is 1. The molecule has 0 heterocycles. The summed E-state index contributed by atoms with van der Waals surface area (Å²) in [5, 5.41) is 0. The Morgan fingerprint density at radius 3 is 2.45 bits per heavy atom. The molecule has 0 fully saturated rings. The first-order chi connectivity index (χ1) is 5.04. The normalized spacial score (nSPS) is 13.0. The van der Waals surface area contributed by atoms with Gasteiger partial charge in [0.15, 0.2) is 0 Å². The molecule has 0 amide bonds. The molecule has 0 atom stereocenters. The van der Waals surface area contributed by atoms with Gasteiger partial charge >= 0.3 is 0 Å². The predicted molar refractivity (Wildman–Crippen MR) is 55.2 cm³/mol. The van der Waals surface area contributed by atoms with Gasteiger partial charge in [-0.2, -0.15) is 0 Å². The zero-order valence-electron chi connectivity index (χ0n) is 7.33. The molecule has 0 aliphatic heterocycles. The largest absolute Gasteiger partial charge is 0.266 e. The smallest absolute Gasteiger partial charge is 0.0278 e. The van der Waals surface area contributed by atoms with Crippen molar-refractivity contribution >= 4 is 18.3 Å². The van der Waals surface area contributed by atoms with Crippen LogP contribution < -0.4 is 0 Å². The SMILES string of the molecule is C=C(S)/C=C\N=C(/C)C(C)C. The molecular formula is C9H15NS. The van der Waals surface area contributed by atoms with Crippen LogP contribution in [-0.2, 0) is 0 Å².